The van der Waals surface area contributed by atoms with Gasteiger partial charge in [0.1, 0.15) is 11.6 Å². The molecule has 1 saturated heterocycles. The number of aromatic nitrogens is 2. The van der Waals surface area contributed by atoms with E-state index in [0.29, 0.717) is 61.0 Å². The topological polar surface area (TPSA) is 87.3 Å². The van der Waals surface area contributed by atoms with Crippen LogP contribution in [-0.2, 0) is 9.53 Å². The van der Waals surface area contributed by atoms with Gasteiger partial charge in [0, 0.05) is 30.3 Å². The van der Waals surface area contributed by atoms with Crippen molar-refractivity contribution < 1.29 is 18.7 Å². The zero-order chi connectivity index (χ0) is 22.7. The number of likely N-dealkylation sites (tertiary alicyclic amines) is 1. The molecule has 2 N–H and O–H groups in total. The van der Waals surface area contributed by atoms with Crippen molar-refractivity contribution in [2.24, 2.45) is 11.8 Å². The van der Waals surface area contributed by atoms with E-state index in [2.05, 4.69) is 15.3 Å². The molecule has 0 unspecified atom stereocenters. The van der Waals surface area contributed by atoms with Crippen molar-refractivity contribution in [2.75, 3.05) is 25.0 Å². The summed E-state index contributed by atoms with van der Waals surface area (Å²) < 4.78 is 18.7. The Balaban J connectivity index is 1.31. The predicted molar refractivity (Wildman–Crippen MR) is 121 cm³/mol. The number of nitrogens with one attached hydrogen (secondary N) is 2. The first-order valence-electron chi connectivity index (χ1n) is 10.9. The Morgan fingerprint density at radius 3 is 2.59 bits per heavy atom. The number of halogens is 1. The summed E-state index contributed by atoms with van der Waals surface area (Å²) in [5.74, 6) is 0.425. The van der Waals surface area contributed by atoms with Crippen molar-refractivity contribution >= 4 is 28.7 Å². The number of H-pyrrole nitrogens is 1. The Labute approximate surface area is 186 Å². The lowest BCUT2D eigenvalue weighted by Crippen LogP contribution is -2.42. The molecular formula is C24H27FN4O3. The molecule has 1 aliphatic rings. The number of hydrogen-bond acceptors (Lipinski definition) is 4. The van der Waals surface area contributed by atoms with Crippen LogP contribution in [-0.4, -0.2) is 46.6 Å². The minimum absolute atomic E-state index is 0.0489. The molecule has 2 amide bonds. The molecule has 0 radical (unpaired) electrons. The second kappa shape index (κ2) is 9.38. The molecule has 1 fully saturated rings. The maximum Gasteiger partial charge on any atom is 0.409 e. The fourth-order valence-electron chi connectivity index (χ4n) is 3.73. The molecule has 7 nitrogen and oxygen atoms in total. The second-order valence-electron chi connectivity index (χ2n) is 8.55. The molecule has 3 aromatic rings. The largest absolute Gasteiger partial charge is 0.449 e. The summed E-state index contributed by atoms with van der Waals surface area (Å²) in [6.45, 7) is 5.42. The van der Waals surface area contributed by atoms with Gasteiger partial charge in [-0.2, -0.15) is 0 Å². The van der Waals surface area contributed by atoms with Gasteiger partial charge in [0.15, 0.2) is 0 Å². The van der Waals surface area contributed by atoms with Crippen molar-refractivity contribution in [3.63, 3.8) is 0 Å². The van der Waals surface area contributed by atoms with Crippen LogP contribution in [0.25, 0.3) is 22.4 Å². The highest BCUT2D eigenvalue weighted by molar-refractivity contribution is 5.93. The van der Waals surface area contributed by atoms with E-state index in [1.165, 1.54) is 12.1 Å². The van der Waals surface area contributed by atoms with Crippen LogP contribution in [0.1, 0.15) is 26.7 Å². The average Bonchev–Trinajstić information content (AvgIpc) is 3.21. The first-order chi connectivity index (χ1) is 15.4. The van der Waals surface area contributed by atoms with Crippen molar-refractivity contribution in [1.29, 1.82) is 0 Å². The monoisotopic (exact) mass is 438 g/mol. The SMILES string of the molecule is CC(C)COC(=O)N1CCC(C(=O)Nc2ccc(-c3nc4ccc(F)cc4[nH]3)cc2)CC1. The molecule has 2 heterocycles. The minimum atomic E-state index is -0.316. The third-order valence-electron chi connectivity index (χ3n) is 5.53. The van der Waals surface area contributed by atoms with Crippen LogP contribution < -0.4 is 5.32 Å². The van der Waals surface area contributed by atoms with Gasteiger partial charge in [-0.3, -0.25) is 4.79 Å². The highest BCUT2D eigenvalue weighted by atomic mass is 19.1. The van der Waals surface area contributed by atoms with Crippen LogP contribution in [0.15, 0.2) is 42.5 Å². The first-order valence-corrected chi connectivity index (χ1v) is 10.9. The molecule has 0 bridgehead atoms. The standard InChI is InChI=1S/C24H27FN4O3/c1-15(2)14-32-24(31)29-11-9-17(10-12-29)23(30)26-19-6-3-16(4-7-19)22-27-20-8-5-18(25)13-21(20)28-22/h3-8,13,15,17H,9-12,14H2,1-2H3,(H,26,30)(H,27,28). The Morgan fingerprint density at radius 1 is 1.19 bits per heavy atom. The Morgan fingerprint density at radius 2 is 1.91 bits per heavy atom. The number of carbonyl (C=O) groups excluding carboxylic acids is 2. The van der Waals surface area contributed by atoms with E-state index in [9.17, 15) is 14.0 Å². The van der Waals surface area contributed by atoms with E-state index in [-0.39, 0.29) is 23.7 Å². The van der Waals surface area contributed by atoms with Crippen LogP contribution in [0, 0.1) is 17.7 Å². The summed E-state index contributed by atoms with van der Waals surface area (Å²) in [5.41, 5.74) is 2.86. The van der Waals surface area contributed by atoms with Gasteiger partial charge in [-0.1, -0.05) is 13.8 Å². The molecular weight excluding hydrogens is 411 g/mol. The van der Waals surface area contributed by atoms with Crippen molar-refractivity contribution in [2.45, 2.75) is 26.7 Å². The summed E-state index contributed by atoms with van der Waals surface area (Å²) in [7, 11) is 0. The maximum absolute atomic E-state index is 13.4. The number of fused-ring (bicyclic) bond motifs is 1. The zero-order valence-electron chi connectivity index (χ0n) is 18.2. The van der Waals surface area contributed by atoms with Gasteiger partial charge in [0.05, 0.1) is 17.6 Å². The summed E-state index contributed by atoms with van der Waals surface area (Å²) in [6, 6.07) is 11.8. The summed E-state index contributed by atoms with van der Waals surface area (Å²) >= 11 is 0. The number of imidazole rings is 1. The molecule has 0 saturated carbocycles. The number of ether oxygens (including phenoxy) is 1. The molecule has 4 rings (SSSR count). The number of piperidine rings is 1. The number of carbonyl (C=O) groups is 2. The number of anilines is 1. The molecule has 0 spiro atoms. The summed E-state index contributed by atoms with van der Waals surface area (Å²) in [5, 5.41) is 2.95. The van der Waals surface area contributed by atoms with Crippen LogP contribution in [0.4, 0.5) is 14.9 Å². The lowest BCUT2D eigenvalue weighted by molar-refractivity contribution is -0.121. The quantitative estimate of drug-likeness (QED) is 0.598. The second-order valence-corrected chi connectivity index (χ2v) is 8.55. The van der Waals surface area contributed by atoms with Gasteiger partial charge >= 0.3 is 6.09 Å². The maximum atomic E-state index is 13.4. The average molecular weight is 439 g/mol. The lowest BCUT2D eigenvalue weighted by Gasteiger charge is -2.30. The number of nitrogens with zero attached hydrogens (tertiary/aromatic N) is 2. The van der Waals surface area contributed by atoms with E-state index >= 15 is 0 Å². The Kier molecular flexibility index (Phi) is 6.39. The molecule has 0 atom stereocenters. The molecule has 168 valence electrons. The van der Waals surface area contributed by atoms with Gasteiger partial charge < -0.3 is 19.9 Å². The minimum Gasteiger partial charge on any atom is -0.449 e. The third-order valence-corrected chi connectivity index (χ3v) is 5.53. The molecule has 2 aromatic carbocycles. The Bertz CT molecular complexity index is 1100. The normalized spacial score (nSPS) is 14.7. The highest BCUT2D eigenvalue weighted by Gasteiger charge is 2.28. The van der Waals surface area contributed by atoms with E-state index in [1.807, 2.05) is 38.1 Å². The smallest absolute Gasteiger partial charge is 0.409 e. The van der Waals surface area contributed by atoms with E-state index in [0.717, 1.165) is 5.56 Å². The van der Waals surface area contributed by atoms with Crippen molar-refractivity contribution in [3.8, 4) is 11.4 Å². The fourth-order valence-corrected chi connectivity index (χ4v) is 3.73. The summed E-state index contributed by atoms with van der Waals surface area (Å²) in [4.78, 5) is 34.0. The van der Waals surface area contributed by atoms with Gasteiger partial charge in [0.25, 0.3) is 0 Å². The van der Waals surface area contributed by atoms with E-state index in [4.69, 9.17) is 4.74 Å². The van der Waals surface area contributed by atoms with Crippen LogP contribution >= 0.6 is 0 Å². The molecule has 1 aliphatic heterocycles. The number of rotatable bonds is 5. The van der Waals surface area contributed by atoms with Gasteiger partial charge in [-0.25, -0.2) is 14.2 Å². The first kappa shape index (κ1) is 21.8. The van der Waals surface area contributed by atoms with Crippen molar-refractivity contribution in [3.05, 3.63) is 48.3 Å². The highest BCUT2D eigenvalue weighted by Crippen LogP contribution is 2.24. The van der Waals surface area contributed by atoms with Crippen LogP contribution in [0.3, 0.4) is 0 Å². The third kappa shape index (κ3) is 5.07. The van der Waals surface area contributed by atoms with Crippen molar-refractivity contribution in [1.82, 2.24) is 14.9 Å². The number of aromatic amines is 1. The lowest BCUT2D eigenvalue weighted by atomic mass is 9.96. The van der Waals surface area contributed by atoms with E-state index in [1.54, 1.807) is 11.0 Å². The predicted octanol–water partition coefficient (Wildman–Crippen LogP) is 4.81. The number of amides is 2. The number of hydrogen-bond donors (Lipinski definition) is 2. The number of benzene rings is 2. The molecule has 1 aromatic heterocycles. The van der Waals surface area contributed by atoms with Gasteiger partial charge in [-0.15, -0.1) is 0 Å². The van der Waals surface area contributed by atoms with Crippen LogP contribution in [0.5, 0.6) is 0 Å². The molecule has 8 heteroatoms. The van der Waals surface area contributed by atoms with Gasteiger partial charge in [-0.05, 0) is 61.2 Å². The molecule has 32 heavy (non-hydrogen) atoms. The van der Waals surface area contributed by atoms with Gasteiger partial charge in [0.2, 0.25) is 5.91 Å². The Hall–Kier alpha value is -3.42. The fraction of sp³-hybridized carbons (Fsp3) is 0.375. The molecule has 0 aliphatic carbocycles. The van der Waals surface area contributed by atoms with Crippen LogP contribution in [0.2, 0.25) is 0 Å². The summed E-state index contributed by atoms with van der Waals surface area (Å²) in [6.07, 6.45) is 0.911. The van der Waals surface area contributed by atoms with E-state index < -0.39 is 0 Å². The zero-order valence-corrected chi connectivity index (χ0v) is 18.2.